The smallest absolute Gasteiger partial charge is 0.226 e. The highest BCUT2D eigenvalue weighted by Gasteiger charge is 2.03. The first-order valence-electron chi connectivity index (χ1n) is 9.03. The minimum Gasteiger partial charge on any atom is -0.489 e. The van der Waals surface area contributed by atoms with Crippen molar-refractivity contribution in [3.63, 3.8) is 0 Å². The summed E-state index contributed by atoms with van der Waals surface area (Å²) in [5.74, 6) is 0.684. The van der Waals surface area contributed by atoms with E-state index in [9.17, 15) is 4.79 Å². The van der Waals surface area contributed by atoms with Crippen molar-refractivity contribution in [1.29, 1.82) is 5.26 Å². The maximum absolute atomic E-state index is 12.1. The molecule has 0 aliphatic rings. The second-order valence-electron chi connectivity index (χ2n) is 6.21. The number of anilines is 2. The number of benzene rings is 3. The van der Waals surface area contributed by atoms with E-state index in [1.54, 1.807) is 12.1 Å². The Labute approximate surface area is 164 Å². The van der Waals surface area contributed by atoms with Crippen molar-refractivity contribution in [2.75, 3.05) is 17.2 Å². The summed E-state index contributed by atoms with van der Waals surface area (Å²) in [5.41, 5.74) is 3.33. The number of hydrogen-bond donors (Lipinski definition) is 2. The molecule has 140 valence electrons. The summed E-state index contributed by atoms with van der Waals surface area (Å²) in [5, 5.41) is 14.8. The molecule has 5 heteroatoms. The standard InChI is InChI=1S/C23H21N3O2/c24-16-18-6-8-20(9-7-18)25-15-14-23(27)26-21-10-12-22(13-11-21)28-17-19-4-2-1-3-5-19/h1-13,25H,14-15,17H2,(H,26,27). The van der Waals surface area contributed by atoms with E-state index in [-0.39, 0.29) is 5.91 Å². The molecule has 3 aromatic carbocycles. The Kier molecular flexibility index (Phi) is 6.64. The van der Waals surface area contributed by atoms with Crippen molar-refractivity contribution < 1.29 is 9.53 Å². The van der Waals surface area contributed by atoms with Crippen LogP contribution in [-0.2, 0) is 11.4 Å². The van der Waals surface area contributed by atoms with Gasteiger partial charge in [-0.1, -0.05) is 30.3 Å². The van der Waals surface area contributed by atoms with Crippen molar-refractivity contribution in [2.45, 2.75) is 13.0 Å². The fourth-order valence-electron chi connectivity index (χ4n) is 2.58. The monoisotopic (exact) mass is 371 g/mol. The van der Waals surface area contributed by atoms with Gasteiger partial charge in [0.2, 0.25) is 5.91 Å². The van der Waals surface area contributed by atoms with Crippen LogP contribution in [0.2, 0.25) is 0 Å². The Morgan fingerprint density at radius 3 is 2.25 bits per heavy atom. The van der Waals surface area contributed by atoms with Crippen LogP contribution in [0.1, 0.15) is 17.5 Å². The van der Waals surface area contributed by atoms with Crippen molar-refractivity contribution >= 4 is 17.3 Å². The predicted octanol–water partition coefficient (Wildman–Crippen LogP) is 4.58. The van der Waals surface area contributed by atoms with Gasteiger partial charge in [0.1, 0.15) is 12.4 Å². The second-order valence-corrected chi connectivity index (χ2v) is 6.21. The van der Waals surface area contributed by atoms with Gasteiger partial charge in [-0.3, -0.25) is 4.79 Å². The van der Waals surface area contributed by atoms with Crippen molar-refractivity contribution in [3.8, 4) is 11.8 Å². The average Bonchev–Trinajstić information content (AvgIpc) is 2.74. The number of carbonyl (C=O) groups is 1. The summed E-state index contributed by atoms with van der Waals surface area (Å²) < 4.78 is 5.74. The number of hydrogen-bond acceptors (Lipinski definition) is 4. The lowest BCUT2D eigenvalue weighted by Crippen LogP contribution is -2.16. The van der Waals surface area contributed by atoms with E-state index >= 15 is 0 Å². The highest BCUT2D eigenvalue weighted by atomic mass is 16.5. The quantitative estimate of drug-likeness (QED) is 0.608. The van der Waals surface area contributed by atoms with E-state index in [1.165, 1.54) is 0 Å². The molecule has 2 N–H and O–H groups in total. The fraction of sp³-hybridized carbons (Fsp3) is 0.130. The van der Waals surface area contributed by atoms with Crippen LogP contribution < -0.4 is 15.4 Å². The van der Waals surface area contributed by atoms with Gasteiger partial charge in [0.25, 0.3) is 0 Å². The molecule has 0 atom stereocenters. The SMILES string of the molecule is N#Cc1ccc(NCCC(=O)Nc2ccc(OCc3ccccc3)cc2)cc1. The van der Waals surface area contributed by atoms with Crippen LogP contribution in [0.5, 0.6) is 5.75 Å². The van der Waals surface area contributed by atoms with E-state index in [1.807, 2.05) is 66.7 Å². The Bertz CT molecular complexity index is 930. The summed E-state index contributed by atoms with van der Waals surface area (Å²) in [6.45, 7) is 1.02. The van der Waals surface area contributed by atoms with Gasteiger partial charge < -0.3 is 15.4 Å². The molecule has 0 saturated heterocycles. The van der Waals surface area contributed by atoms with Gasteiger partial charge in [-0.2, -0.15) is 5.26 Å². The highest BCUT2D eigenvalue weighted by molar-refractivity contribution is 5.91. The van der Waals surface area contributed by atoms with Gasteiger partial charge in [0.05, 0.1) is 11.6 Å². The minimum atomic E-state index is -0.0703. The number of carbonyl (C=O) groups excluding carboxylic acids is 1. The molecule has 3 rings (SSSR count). The Morgan fingerprint density at radius 2 is 1.57 bits per heavy atom. The van der Waals surface area contributed by atoms with Crippen LogP contribution in [0.3, 0.4) is 0 Å². The van der Waals surface area contributed by atoms with Gasteiger partial charge in [0, 0.05) is 24.3 Å². The molecular weight excluding hydrogens is 350 g/mol. The summed E-state index contributed by atoms with van der Waals surface area (Å²) >= 11 is 0. The van der Waals surface area contributed by atoms with Gasteiger partial charge in [-0.25, -0.2) is 0 Å². The molecule has 0 aromatic heterocycles. The molecule has 0 heterocycles. The Morgan fingerprint density at radius 1 is 0.893 bits per heavy atom. The number of amides is 1. The third-order valence-corrected chi connectivity index (χ3v) is 4.08. The van der Waals surface area contributed by atoms with Crippen LogP contribution in [0.4, 0.5) is 11.4 Å². The molecule has 28 heavy (non-hydrogen) atoms. The minimum absolute atomic E-state index is 0.0703. The lowest BCUT2D eigenvalue weighted by Gasteiger charge is -2.09. The van der Waals surface area contributed by atoms with Crippen LogP contribution in [0, 0.1) is 11.3 Å². The molecule has 3 aromatic rings. The van der Waals surface area contributed by atoms with E-state index in [0.717, 1.165) is 22.7 Å². The highest BCUT2D eigenvalue weighted by Crippen LogP contribution is 2.17. The van der Waals surface area contributed by atoms with Crippen LogP contribution in [0.25, 0.3) is 0 Å². The van der Waals surface area contributed by atoms with E-state index < -0.39 is 0 Å². The maximum Gasteiger partial charge on any atom is 0.226 e. The van der Waals surface area contributed by atoms with Gasteiger partial charge in [0.15, 0.2) is 0 Å². The molecule has 0 fully saturated rings. The van der Waals surface area contributed by atoms with Crippen molar-refractivity contribution in [2.24, 2.45) is 0 Å². The van der Waals surface area contributed by atoms with Crippen LogP contribution >= 0.6 is 0 Å². The third kappa shape index (κ3) is 5.89. The van der Waals surface area contributed by atoms with Crippen LogP contribution in [-0.4, -0.2) is 12.5 Å². The number of nitrogens with one attached hydrogen (secondary N) is 2. The largest absolute Gasteiger partial charge is 0.489 e. The van der Waals surface area contributed by atoms with Crippen molar-refractivity contribution in [3.05, 3.63) is 90.0 Å². The summed E-state index contributed by atoms with van der Waals surface area (Å²) in [6.07, 6.45) is 0.340. The number of nitriles is 1. The molecule has 0 bridgehead atoms. The first-order valence-corrected chi connectivity index (χ1v) is 9.03. The summed E-state index contributed by atoms with van der Waals surface area (Å²) in [7, 11) is 0. The topological polar surface area (TPSA) is 74.2 Å². The zero-order valence-corrected chi connectivity index (χ0v) is 15.4. The molecule has 1 amide bonds. The maximum atomic E-state index is 12.1. The number of ether oxygens (including phenoxy) is 1. The average molecular weight is 371 g/mol. The number of nitrogens with zero attached hydrogens (tertiary/aromatic N) is 1. The van der Waals surface area contributed by atoms with Gasteiger partial charge >= 0.3 is 0 Å². The molecule has 0 aliphatic heterocycles. The molecule has 0 radical (unpaired) electrons. The first kappa shape index (κ1) is 19.0. The molecule has 5 nitrogen and oxygen atoms in total. The van der Waals surface area contributed by atoms with Crippen molar-refractivity contribution in [1.82, 2.24) is 0 Å². The van der Waals surface area contributed by atoms with E-state index in [0.29, 0.717) is 25.1 Å². The van der Waals surface area contributed by atoms with Gasteiger partial charge in [-0.15, -0.1) is 0 Å². The van der Waals surface area contributed by atoms with E-state index in [4.69, 9.17) is 10.00 Å². The Balaban J connectivity index is 1.40. The molecule has 0 saturated carbocycles. The van der Waals surface area contributed by atoms with E-state index in [2.05, 4.69) is 16.7 Å². The predicted molar refractivity (Wildman–Crippen MR) is 110 cm³/mol. The zero-order valence-electron chi connectivity index (χ0n) is 15.4. The zero-order chi connectivity index (χ0) is 19.6. The first-order chi connectivity index (χ1) is 13.7. The normalized spacial score (nSPS) is 9.96. The second kappa shape index (κ2) is 9.79. The lowest BCUT2D eigenvalue weighted by atomic mass is 10.2. The lowest BCUT2D eigenvalue weighted by molar-refractivity contribution is -0.115. The Hall–Kier alpha value is -3.78. The molecule has 0 aliphatic carbocycles. The van der Waals surface area contributed by atoms with Crippen LogP contribution in [0.15, 0.2) is 78.9 Å². The number of rotatable bonds is 8. The molecule has 0 spiro atoms. The molecule has 0 unspecified atom stereocenters. The third-order valence-electron chi connectivity index (χ3n) is 4.08. The molecular formula is C23H21N3O2. The fourth-order valence-corrected chi connectivity index (χ4v) is 2.58. The van der Waals surface area contributed by atoms with Gasteiger partial charge in [-0.05, 0) is 54.1 Å². The summed E-state index contributed by atoms with van der Waals surface area (Å²) in [6, 6.07) is 26.5. The summed E-state index contributed by atoms with van der Waals surface area (Å²) in [4.78, 5) is 12.1.